The zero-order valence-electron chi connectivity index (χ0n) is 13.5. The van der Waals surface area contributed by atoms with Crippen LogP contribution in [-0.4, -0.2) is 48.4 Å². The number of carbonyl (C=O) groups excluding carboxylic acids is 4. The molecular weight excluding hydrogens is 314 g/mol. The Hall–Kier alpha value is -2.96. The van der Waals surface area contributed by atoms with E-state index in [-0.39, 0.29) is 47.9 Å². The maximum atomic E-state index is 12.1. The van der Waals surface area contributed by atoms with E-state index in [1.54, 1.807) is 6.92 Å². The fourth-order valence-corrected chi connectivity index (χ4v) is 2.18. The van der Waals surface area contributed by atoms with Gasteiger partial charge in [-0.05, 0) is 32.0 Å². The van der Waals surface area contributed by atoms with Crippen molar-refractivity contribution in [3.8, 4) is 0 Å². The number of hydrogen-bond donors (Lipinski definition) is 0. The van der Waals surface area contributed by atoms with E-state index >= 15 is 0 Å². The second-order valence-electron chi connectivity index (χ2n) is 5.17. The summed E-state index contributed by atoms with van der Waals surface area (Å²) in [6.07, 6.45) is 0. The normalized spacial score (nSPS) is 12.8. The summed E-state index contributed by atoms with van der Waals surface area (Å²) >= 11 is 0. The first kappa shape index (κ1) is 17.4. The predicted octanol–water partition coefficient (Wildman–Crippen LogP) is 1.58. The second kappa shape index (κ2) is 7.08. The lowest BCUT2D eigenvalue weighted by Crippen LogP contribution is -2.29. The van der Waals surface area contributed by atoms with Gasteiger partial charge in [0.2, 0.25) is 0 Å². The SMILES string of the molecule is C=C(C)C(=O)OCCOC(=O)c1ccc2c(c1)C(=O)N(CC)C2=O. The van der Waals surface area contributed by atoms with Gasteiger partial charge >= 0.3 is 11.9 Å². The molecule has 0 aliphatic carbocycles. The maximum Gasteiger partial charge on any atom is 0.338 e. The van der Waals surface area contributed by atoms with E-state index in [0.717, 1.165) is 4.90 Å². The minimum Gasteiger partial charge on any atom is -0.459 e. The van der Waals surface area contributed by atoms with Crippen LogP contribution in [0.15, 0.2) is 30.4 Å². The van der Waals surface area contributed by atoms with E-state index in [1.807, 2.05) is 0 Å². The van der Waals surface area contributed by atoms with Crippen LogP contribution in [0.2, 0.25) is 0 Å². The van der Waals surface area contributed by atoms with Gasteiger partial charge in [-0.3, -0.25) is 14.5 Å². The smallest absolute Gasteiger partial charge is 0.338 e. The topological polar surface area (TPSA) is 90.0 Å². The maximum absolute atomic E-state index is 12.1. The molecule has 1 aliphatic rings. The third-order valence-corrected chi connectivity index (χ3v) is 3.42. The molecule has 0 bridgehead atoms. The first-order valence-electron chi connectivity index (χ1n) is 7.36. The second-order valence-corrected chi connectivity index (χ2v) is 5.17. The molecule has 0 aromatic heterocycles. The molecule has 126 valence electrons. The van der Waals surface area contributed by atoms with E-state index in [0.29, 0.717) is 0 Å². The number of imide groups is 1. The van der Waals surface area contributed by atoms with Crippen LogP contribution >= 0.6 is 0 Å². The van der Waals surface area contributed by atoms with Gasteiger partial charge in [0.1, 0.15) is 13.2 Å². The predicted molar refractivity (Wildman–Crippen MR) is 83.5 cm³/mol. The van der Waals surface area contributed by atoms with Crippen molar-refractivity contribution in [2.75, 3.05) is 19.8 Å². The van der Waals surface area contributed by atoms with Crippen LogP contribution in [0.25, 0.3) is 0 Å². The molecule has 0 radical (unpaired) electrons. The van der Waals surface area contributed by atoms with Crippen molar-refractivity contribution in [2.45, 2.75) is 13.8 Å². The zero-order valence-corrected chi connectivity index (χ0v) is 13.5. The van der Waals surface area contributed by atoms with Crippen LogP contribution < -0.4 is 0 Å². The third kappa shape index (κ3) is 3.34. The largest absolute Gasteiger partial charge is 0.459 e. The Balaban J connectivity index is 1.99. The molecule has 0 saturated heterocycles. The Labute approximate surface area is 138 Å². The van der Waals surface area contributed by atoms with Crippen LogP contribution in [0, 0.1) is 0 Å². The monoisotopic (exact) mass is 331 g/mol. The molecule has 0 spiro atoms. The molecule has 0 atom stereocenters. The highest BCUT2D eigenvalue weighted by Gasteiger charge is 2.34. The summed E-state index contributed by atoms with van der Waals surface area (Å²) < 4.78 is 9.78. The van der Waals surface area contributed by atoms with Crippen LogP contribution in [-0.2, 0) is 14.3 Å². The number of nitrogens with zero attached hydrogens (tertiary/aromatic N) is 1. The Kier molecular flexibility index (Phi) is 5.13. The van der Waals surface area contributed by atoms with Crippen LogP contribution in [0.3, 0.4) is 0 Å². The number of hydrogen-bond acceptors (Lipinski definition) is 6. The van der Waals surface area contributed by atoms with Gasteiger partial charge in [-0.15, -0.1) is 0 Å². The van der Waals surface area contributed by atoms with Gasteiger partial charge in [0.25, 0.3) is 11.8 Å². The highest BCUT2D eigenvalue weighted by Crippen LogP contribution is 2.24. The summed E-state index contributed by atoms with van der Waals surface area (Å²) in [5.41, 5.74) is 0.862. The van der Waals surface area contributed by atoms with Crippen LogP contribution in [0.1, 0.15) is 44.9 Å². The number of carbonyl (C=O) groups is 4. The molecule has 2 rings (SSSR count). The third-order valence-electron chi connectivity index (χ3n) is 3.42. The lowest BCUT2D eigenvalue weighted by Gasteiger charge is -2.08. The lowest BCUT2D eigenvalue weighted by molar-refractivity contribution is -0.140. The molecule has 2 amide bonds. The Morgan fingerprint density at radius 1 is 1.08 bits per heavy atom. The molecule has 1 aliphatic heterocycles. The van der Waals surface area contributed by atoms with Gasteiger partial charge in [-0.2, -0.15) is 0 Å². The molecule has 24 heavy (non-hydrogen) atoms. The molecule has 7 nitrogen and oxygen atoms in total. The first-order chi connectivity index (χ1) is 11.4. The van der Waals surface area contributed by atoms with Crippen molar-refractivity contribution in [3.63, 3.8) is 0 Å². The molecule has 7 heteroatoms. The van der Waals surface area contributed by atoms with Crippen molar-refractivity contribution in [2.24, 2.45) is 0 Å². The highest BCUT2D eigenvalue weighted by molar-refractivity contribution is 6.21. The molecule has 0 unspecified atom stereocenters. The first-order valence-corrected chi connectivity index (χ1v) is 7.36. The standard InChI is InChI=1S/C17H17NO6/c1-4-18-14(19)12-6-5-11(9-13(12)15(18)20)17(22)24-8-7-23-16(21)10(2)3/h5-6,9H,2,4,7-8H2,1,3H3. The van der Waals surface area contributed by atoms with Crippen molar-refractivity contribution in [1.82, 2.24) is 4.90 Å². The Morgan fingerprint density at radius 2 is 1.71 bits per heavy atom. The van der Waals surface area contributed by atoms with E-state index < -0.39 is 17.8 Å². The van der Waals surface area contributed by atoms with Crippen LogP contribution in [0.5, 0.6) is 0 Å². The van der Waals surface area contributed by atoms with Gasteiger partial charge in [0.05, 0.1) is 16.7 Å². The van der Waals surface area contributed by atoms with E-state index in [4.69, 9.17) is 9.47 Å². The summed E-state index contributed by atoms with van der Waals surface area (Å²) in [7, 11) is 0. The van der Waals surface area contributed by atoms with Crippen molar-refractivity contribution < 1.29 is 28.7 Å². The number of ether oxygens (including phenoxy) is 2. The number of amides is 2. The number of esters is 2. The molecule has 1 aromatic carbocycles. The molecule has 0 fully saturated rings. The van der Waals surface area contributed by atoms with Crippen molar-refractivity contribution in [1.29, 1.82) is 0 Å². The molecule has 0 saturated carbocycles. The fourth-order valence-electron chi connectivity index (χ4n) is 2.18. The Morgan fingerprint density at radius 3 is 2.33 bits per heavy atom. The van der Waals surface area contributed by atoms with Crippen molar-refractivity contribution in [3.05, 3.63) is 47.0 Å². The fraction of sp³-hybridized carbons (Fsp3) is 0.294. The average molecular weight is 331 g/mol. The van der Waals surface area contributed by atoms with E-state index in [1.165, 1.54) is 25.1 Å². The molecular formula is C17H17NO6. The summed E-state index contributed by atoms with van der Waals surface area (Å²) in [4.78, 5) is 48.3. The molecule has 1 aromatic rings. The minimum atomic E-state index is -0.667. The van der Waals surface area contributed by atoms with Gasteiger partial charge in [-0.1, -0.05) is 6.58 Å². The summed E-state index contributed by atoms with van der Waals surface area (Å²) in [6, 6.07) is 4.20. The Bertz CT molecular complexity index is 737. The van der Waals surface area contributed by atoms with Gasteiger partial charge in [-0.25, -0.2) is 9.59 Å². The van der Waals surface area contributed by atoms with Gasteiger partial charge in [0, 0.05) is 12.1 Å². The molecule has 0 N–H and O–H groups in total. The zero-order chi connectivity index (χ0) is 17.9. The number of benzene rings is 1. The molecule has 1 heterocycles. The van der Waals surface area contributed by atoms with E-state index in [2.05, 4.69) is 6.58 Å². The summed E-state index contributed by atoms with van der Waals surface area (Å²) in [6.45, 7) is 6.69. The number of rotatable bonds is 6. The average Bonchev–Trinajstić information content (AvgIpc) is 2.81. The van der Waals surface area contributed by atoms with E-state index in [9.17, 15) is 19.2 Å². The highest BCUT2D eigenvalue weighted by atomic mass is 16.6. The van der Waals surface area contributed by atoms with Gasteiger partial charge < -0.3 is 9.47 Å². The summed E-state index contributed by atoms with van der Waals surface area (Å²) in [5, 5.41) is 0. The quantitative estimate of drug-likeness (QED) is 0.340. The lowest BCUT2D eigenvalue weighted by atomic mass is 10.1. The summed E-state index contributed by atoms with van der Waals surface area (Å²) in [5.74, 6) is -2.03. The minimum absolute atomic E-state index is 0.0938. The number of fused-ring (bicyclic) bond motifs is 1. The van der Waals surface area contributed by atoms with Crippen LogP contribution in [0.4, 0.5) is 0 Å². The van der Waals surface area contributed by atoms with Gasteiger partial charge in [0.15, 0.2) is 0 Å². The van der Waals surface area contributed by atoms with Crippen molar-refractivity contribution >= 4 is 23.8 Å².